The standard InChI is InChI=1S/C25H28F3N3O3/c26-25(27,28)15-31-8-5-17(6-9-31)7-10-34-14-18-3-1-2-4-21(18)19-11-20(13-32)23-22(12-19)24(33)30-16-29-23/h1-4,11-12,16-17,32H,5-10,13-15H2,(H,29,30,33). The third kappa shape index (κ3) is 6.02. The van der Waals surface area contributed by atoms with E-state index in [4.69, 9.17) is 4.74 Å². The fourth-order valence-electron chi connectivity index (χ4n) is 4.58. The second-order valence-electron chi connectivity index (χ2n) is 8.75. The predicted molar refractivity (Wildman–Crippen MR) is 123 cm³/mol. The quantitative estimate of drug-likeness (QED) is 0.476. The Balaban J connectivity index is 1.38. The van der Waals surface area contributed by atoms with Crippen molar-refractivity contribution in [3.05, 3.63) is 64.2 Å². The number of ether oxygens (including phenoxy) is 1. The van der Waals surface area contributed by atoms with Crippen LogP contribution in [0.4, 0.5) is 13.2 Å². The number of aromatic amines is 1. The summed E-state index contributed by atoms with van der Waals surface area (Å²) in [6.45, 7) is 0.774. The Morgan fingerprint density at radius 3 is 2.65 bits per heavy atom. The minimum Gasteiger partial charge on any atom is -0.392 e. The van der Waals surface area contributed by atoms with Gasteiger partial charge in [-0.2, -0.15) is 13.2 Å². The van der Waals surface area contributed by atoms with Gasteiger partial charge in [0.25, 0.3) is 5.56 Å². The summed E-state index contributed by atoms with van der Waals surface area (Å²) in [7, 11) is 0. The molecule has 0 bridgehead atoms. The lowest BCUT2D eigenvalue weighted by molar-refractivity contribution is -0.148. The number of piperidine rings is 1. The number of aliphatic hydroxyl groups excluding tert-OH is 1. The number of rotatable bonds is 8. The first-order chi connectivity index (χ1) is 16.3. The minimum absolute atomic E-state index is 0.235. The van der Waals surface area contributed by atoms with Crippen molar-refractivity contribution in [3.63, 3.8) is 0 Å². The van der Waals surface area contributed by atoms with Crippen LogP contribution in [0.15, 0.2) is 47.5 Å². The molecule has 3 aromatic rings. The average Bonchev–Trinajstić information content (AvgIpc) is 2.82. The fourth-order valence-corrected chi connectivity index (χ4v) is 4.58. The molecule has 6 nitrogen and oxygen atoms in total. The van der Waals surface area contributed by atoms with Crippen LogP contribution in [0.1, 0.15) is 30.4 Å². The number of nitrogens with zero attached hydrogens (tertiary/aromatic N) is 2. The van der Waals surface area contributed by atoms with Gasteiger partial charge in [-0.05, 0) is 67.1 Å². The van der Waals surface area contributed by atoms with Crippen molar-refractivity contribution in [1.82, 2.24) is 14.9 Å². The molecule has 0 radical (unpaired) electrons. The zero-order valence-corrected chi connectivity index (χ0v) is 18.8. The number of alkyl halides is 3. The Hall–Kier alpha value is -2.75. The van der Waals surface area contributed by atoms with E-state index in [1.165, 1.54) is 11.2 Å². The average molecular weight is 476 g/mol. The molecule has 1 fully saturated rings. The highest BCUT2D eigenvalue weighted by Gasteiger charge is 2.32. The Morgan fingerprint density at radius 2 is 1.91 bits per heavy atom. The van der Waals surface area contributed by atoms with Crippen molar-refractivity contribution in [3.8, 4) is 11.1 Å². The molecule has 9 heteroatoms. The van der Waals surface area contributed by atoms with E-state index in [1.54, 1.807) is 6.07 Å². The Bertz CT molecular complexity index is 1170. The number of aromatic nitrogens is 2. The van der Waals surface area contributed by atoms with Crippen LogP contribution in [0.5, 0.6) is 0 Å². The number of halogens is 3. The third-order valence-corrected chi connectivity index (χ3v) is 6.36. The lowest BCUT2D eigenvalue weighted by Crippen LogP contribution is -2.40. The molecule has 2 aromatic carbocycles. The lowest BCUT2D eigenvalue weighted by atomic mass is 9.94. The second kappa shape index (κ2) is 10.7. The van der Waals surface area contributed by atoms with Gasteiger partial charge in [0.15, 0.2) is 0 Å². The molecule has 0 saturated carbocycles. The summed E-state index contributed by atoms with van der Waals surface area (Å²) in [4.78, 5) is 20.5. The van der Waals surface area contributed by atoms with Crippen molar-refractivity contribution in [2.75, 3.05) is 26.2 Å². The minimum atomic E-state index is -4.14. The van der Waals surface area contributed by atoms with E-state index in [2.05, 4.69) is 9.97 Å². The monoisotopic (exact) mass is 475 g/mol. The van der Waals surface area contributed by atoms with Gasteiger partial charge in [0.05, 0.1) is 37.0 Å². The third-order valence-electron chi connectivity index (χ3n) is 6.36. The van der Waals surface area contributed by atoms with Crippen LogP contribution in [0.2, 0.25) is 0 Å². The molecule has 1 aliphatic heterocycles. The van der Waals surface area contributed by atoms with Crippen LogP contribution in [0.3, 0.4) is 0 Å². The number of H-pyrrole nitrogens is 1. The number of likely N-dealkylation sites (tertiary alicyclic amines) is 1. The number of nitrogens with one attached hydrogen (secondary N) is 1. The lowest BCUT2D eigenvalue weighted by Gasteiger charge is -2.32. The second-order valence-corrected chi connectivity index (χ2v) is 8.75. The summed E-state index contributed by atoms with van der Waals surface area (Å²) in [6.07, 6.45) is -0.505. The van der Waals surface area contributed by atoms with Crippen LogP contribution < -0.4 is 5.56 Å². The number of fused-ring (bicyclic) bond motifs is 1. The van der Waals surface area contributed by atoms with Crippen molar-refractivity contribution in [1.29, 1.82) is 0 Å². The fraction of sp³-hybridized carbons (Fsp3) is 0.440. The Kier molecular flexibility index (Phi) is 7.65. The van der Waals surface area contributed by atoms with Crippen LogP contribution in [0, 0.1) is 5.92 Å². The highest BCUT2D eigenvalue weighted by atomic mass is 19.4. The van der Waals surface area contributed by atoms with Crippen molar-refractivity contribution in [2.45, 2.75) is 38.7 Å². The van der Waals surface area contributed by atoms with E-state index >= 15 is 0 Å². The molecule has 2 heterocycles. The molecule has 182 valence electrons. The molecule has 1 saturated heterocycles. The highest BCUT2D eigenvalue weighted by Crippen LogP contribution is 2.29. The van der Waals surface area contributed by atoms with Crippen molar-refractivity contribution >= 4 is 10.9 Å². The molecule has 0 spiro atoms. The summed E-state index contributed by atoms with van der Waals surface area (Å²) in [5.74, 6) is 0.367. The highest BCUT2D eigenvalue weighted by molar-refractivity contribution is 5.87. The van der Waals surface area contributed by atoms with Gasteiger partial charge in [0.1, 0.15) is 0 Å². The zero-order valence-electron chi connectivity index (χ0n) is 18.8. The number of benzene rings is 2. The topological polar surface area (TPSA) is 78.5 Å². The maximum absolute atomic E-state index is 12.5. The maximum Gasteiger partial charge on any atom is 0.401 e. The first-order valence-electron chi connectivity index (χ1n) is 11.4. The van der Waals surface area contributed by atoms with E-state index in [9.17, 15) is 23.1 Å². The van der Waals surface area contributed by atoms with Gasteiger partial charge < -0.3 is 14.8 Å². The van der Waals surface area contributed by atoms with Gasteiger partial charge in [0, 0.05) is 12.2 Å². The summed E-state index contributed by atoms with van der Waals surface area (Å²) in [6, 6.07) is 11.3. The van der Waals surface area contributed by atoms with E-state index in [1.807, 2.05) is 30.3 Å². The normalized spacial score (nSPS) is 15.8. The Labute approximate surface area is 195 Å². The van der Waals surface area contributed by atoms with E-state index in [0.717, 1.165) is 36.0 Å². The summed E-state index contributed by atoms with van der Waals surface area (Å²) >= 11 is 0. The molecule has 0 unspecified atom stereocenters. The van der Waals surface area contributed by atoms with E-state index in [-0.39, 0.29) is 12.2 Å². The van der Waals surface area contributed by atoms with E-state index in [0.29, 0.717) is 48.7 Å². The van der Waals surface area contributed by atoms with Crippen LogP contribution in [0.25, 0.3) is 22.0 Å². The van der Waals surface area contributed by atoms with Gasteiger partial charge in [-0.3, -0.25) is 9.69 Å². The van der Waals surface area contributed by atoms with Gasteiger partial charge in [-0.1, -0.05) is 24.3 Å². The zero-order chi connectivity index (χ0) is 24.1. The number of hydrogen-bond acceptors (Lipinski definition) is 5. The summed E-state index contributed by atoms with van der Waals surface area (Å²) < 4.78 is 43.6. The van der Waals surface area contributed by atoms with Gasteiger partial charge >= 0.3 is 6.18 Å². The van der Waals surface area contributed by atoms with Gasteiger partial charge in [0.2, 0.25) is 0 Å². The maximum atomic E-state index is 12.5. The summed E-state index contributed by atoms with van der Waals surface area (Å²) in [5.41, 5.74) is 3.44. The molecule has 1 aliphatic rings. The predicted octanol–water partition coefficient (Wildman–Crippen LogP) is 4.26. The molecule has 0 amide bonds. The van der Waals surface area contributed by atoms with Crippen LogP contribution >= 0.6 is 0 Å². The van der Waals surface area contributed by atoms with Gasteiger partial charge in [-0.25, -0.2) is 4.98 Å². The summed E-state index contributed by atoms with van der Waals surface area (Å²) in [5, 5.41) is 10.2. The van der Waals surface area contributed by atoms with Crippen LogP contribution in [-0.2, 0) is 18.0 Å². The van der Waals surface area contributed by atoms with Crippen LogP contribution in [-0.4, -0.2) is 52.4 Å². The van der Waals surface area contributed by atoms with Crippen molar-refractivity contribution in [2.24, 2.45) is 5.92 Å². The number of hydrogen-bond donors (Lipinski definition) is 2. The molecule has 4 rings (SSSR count). The first kappa shape index (κ1) is 24.4. The smallest absolute Gasteiger partial charge is 0.392 e. The molecular formula is C25H28F3N3O3. The molecule has 0 atom stereocenters. The van der Waals surface area contributed by atoms with Crippen molar-refractivity contribution < 1.29 is 23.0 Å². The molecule has 1 aromatic heterocycles. The largest absolute Gasteiger partial charge is 0.401 e. The molecule has 2 N–H and O–H groups in total. The van der Waals surface area contributed by atoms with Gasteiger partial charge in [-0.15, -0.1) is 0 Å². The number of aliphatic hydroxyl groups is 1. The Morgan fingerprint density at radius 1 is 1.15 bits per heavy atom. The van der Waals surface area contributed by atoms with E-state index < -0.39 is 12.7 Å². The first-order valence-corrected chi connectivity index (χ1v) is 11.4. The molecule has 34 heavy (non-hydrogen) atoms. The molecule has 0 aliphatic carbocycles. The molecular weight excluding hydrogens is 447 g/mol. The SMILES string of the molecule is O=c1[nH]cnc2c(CO)cc(-c3ccccc3COCCC3CCN(CC(F)(F)F)CC3)cc12.